The van der Waals surface area contributed by atoms with Crippen LogP contribution in [0, 0.1) is 0 Å². The molecule has 128 valence electrons. The molecule has 0 spiro atoms. The van der Waals surface area contributed by atoms with E-state index in [4.69, 9.17) is 0 Å². The first-order valence-electron chi connectivity index (χ1n) is 8.17. The van der Waals surface area contributed by atoms with E-state index in [1.54, 1.807) is 31.0 Å². The van der Waals surface area contributed by atoms with Crippen molar-refractivity contribution in [3.8, 4) is 22.6 Å². The van der Waals surface area contributed by atoms with Crippen molar-refractivity contribution in [2.24, 2.45) is 0 Å². The van der Waals surface area contributed by atoms with E-state index in [1.165, 1.54) is 0 Å². The minimum Gasteiger partial charge on any atom is -0.354 e. The molecule has 8 heteroatoms. The highest BCUT2D eigenvalue weighted by Gasteiger charge is 2.06. The van der Waals surface area contributed by atoms with Gasteiger partial charge in [0.1, 0.15) is 5.82 Å². The predicted octanol–water partition coefficient (Wildman–Crippen LogP) is 2.37. The van der Waals surface area contributed by atoms with E-state index < -0.39 is 0 Å². The van der Waals surface area contributed by atoms with Crippen LogP contribution in [0.15, 0.2) is 61.3 Å². The van der Waals surface area contributed by atoms with Crippen molar-refractivity contribution in [1.82, 2.24) is 35.1 Å². The number of aromatic amines is 1. The summed E-state index contributed by atoms with van der Waals surface area (Å²) in [5.74, 6) is 2.01. The van der Waals surface area contributed by atoms with Crippen LogP contribution in [0.5, 0.6) is 0 Å². The fourth-order valence-corrected chi connectivity index (χ4v) is 2.45. The Kier molecular flexibility index (Phi) is 4.55. The summed E-state index contributed by atoms with van der Waals surface area (Å²) in [7, 11) is 0. The molecule has 4 rings (SSSR count). The number of rotatable bonds is 6. The van der Waals surface area contributed by atoms with Crippen LogP contribution in [0.25, 0.3) is 22.6 Å². The lowest BCUT2D eigenvalue weighted by molar-refractivity contribution is 0.891. The van der Waals surface area contributed by atoms with Gasteiger partial charge in [-0.1, -0.05) is 0 Å². The number of hydrogen-bond donors (Lipinski definition) is 2. The summed E-state index contributed by atoms with van der Waals surface area (Å²) in [6.45, 7) is 0.640. The molecule has 0 unspecified atom stereocenters. The number of hydrogen-bond acceptors (Lipinski definition) is 7. The molecule has 0 aromatic carbocycles. The van der Waals surface area contributed by atoms with Gasteiger partial charge in [-0.2, -0.15) is 5.10 Å². The Labute approximate surface area is 149 Å². The zero-order valence-corrected chi connectivity index (χ0v) is 13.9. The lowest BCUT2D eigenvalue weighted by atomic mass is 10.2. The molecular formula is C18H16N8. The van der Waals surface area contributed by atoms with Gasteiger partial charge in [-0.15, -0.1) is 0 Å². The fraction of sp³-hybridized carbons (Fsp3) is 0.111. The highest BCUT2D eigenvalue weighted by molar-refractivity contribution is 5.59. The molecule has 4 aromatic heterocycles. The average Bonchev–Trinajstić information content (AvgIpc) is 3.19. The molecule has 26 heavy (non-hydrogen) atoms. The van der Waals surface area contributed by atoms with Crippen LogP contribution in [-0.2, 0) is 6.42 Å². The summed E-state index contributed by atoms with van der Waals surface area (Å²) < 4.78 is 0. The van der Waals surface area contributed by atoms with Crippen molar-refractivity contribution in [2.45, 2.75) is 6.42 Å². The fourth-order valence-electron chi connectivity index (χ4n) is 2.45. The first-order valence-corrected chi connectivity index (χ1v) is 8.17. The number of nitrogens with zero attached hydrogens (tertiary/aromatic N) is 6. The topological polar surface area (TPSA) is 105 Å². The number of H-pyrrole nitrogens is 1. The maximum Gasteiger partial charge on any atom is 0.223 e. The van der Waals surface area contributed by atoms with Gasteiger partial charge in [-0.25, -0.2) is 15.0 Å². The predicted molar refractivity (Wildman–Crippen MR) is 97.1 cm³/mol. The third-order valence-corrected chi connectivity index (χ3v) is 3.73. The largest absolute Gasteiger partial charge is 0.354 e. The van der Waals surface area contributed by atoms with Crippen molar-refractivity contribution in [3.63, 3.8) is 0 Å². The van der Waals surface area contributed by atoms with Gasteiger partial charge in [-0.05, 0) is 30.3 Å². The molecule has 0 atom stereocenters. The molecule has 4 heterocycles. The van der Waals surface area contributed by atoms with Gasteiger partial charge in [0.25, 0.3) is 0 Å². The van der Waals surface area contributed by atoms with Crippen LogP contribution in [-0.4, -0.2) is 41.7 Å². The third kappa shape index (κ3) is 3.69. The number of anilines is 1. The zero-order chi connectivity index (χ0) is 17.6. The zero-order valence-electron chi connectivity index (χ0n) is 13.9. The van der Waals surface area contributed by atoms with E-state index in [-0.39, 0.29) is 0 Å². The number of aromatic nitrogens is 7. The first-order chi connectivity index (χ1) is 12.9. The Morgan fingerprint density at radius 1 is 0.885 bits per heavy atom. The van der Waals surface area contributed by atoms with E-state index in [0.717, 1.165) is 22.6 Å². The quantitative estimate of drug-likeness (QED) is 0.553. The lowest BCUT2D eigenvalue weighted by Crippen LogP contribution is -2.09. The standard InChI is InChI=1S/C18H16N8/c1-2-14(12-20-7-1)17-24-16(25-26-17)6-11-22-18-21-10-5-15(23-18)13-3-8-19-9-4-13/h1-5,7-10,12H,6,11H2,(H,21,22,23)(H,24,25,26). The van der Waals surface area contributed by atoms with Crippen LogP contribution >= 0.6 is 0 Å². The number of nitrogens with one attached hydrogen (secondary N) is 2. The molecule has 0 aliphatic heterocycles. The average molecular weight is 344 g/mol. The molecule has 0 amide bonds. The normalized spacial score (nSPS) is 10.6. The maximum absolute atomic E-state index is 4.52. The van der Waals surface area contributed by atoms with Crippen molar-refractivity contribution < 1.29 is 0 Å². The van der Waals surface area contributed by atoms with Crippen LogP contribution in [0.1, 0.15) is 5.82 Å². The monoisotopic (exact) mass is 344 g/mol. The minimum absolute atomic E-state index is 0.575. The first kappa shape index (κ1) is 15.8. The second-order valence-electron chi connectivity index (χ2n) is 5.53. The molecule has 0 radical (unpaired) electrons. The molecule has 0 aliphatic carbocycles. The highest BCUT2D eigenvalue weighted by Crippen LogP contribution is 2.16. The second-order valence-corrected chi connectivity index (χ2v) is 5.53. The van der Waals surface area contributed by atoms with Crippen molar-refractivity contribution >= 4 is 5.95 Å². The smallest absolute Gasteiger partial charge is 0.223 e. The molecule has 2 N–H and O–H groups in total. The van der Waals surface area contributed by atoms with Gasteiger partial charge in [0.05, 0.1) is 5.69 Å². The molecule has 0 aliphatic rings. The van der Waals surface area contributed by atoms with Gasteiger partial charge in [0.15, 0.2) is 5.82 Å². The second kappa shape index (κ2) is 7.47. The third-order valence-electron chi connectivity index (χ3n) is 3.73. The van der Waals surface area contributed by atoms with Crippen LogP contribution < -0.4 is 5.32 Å². The summed E-state index contributed by atoms with van der Waals surface area (Å²) in [5, 5.41) is 10.4. The Morgan fingerprint density at radius 3 is 2.65 bits per heavy atom. The van der Waals surface area contributed by atoms with E-state index in [9.17, 15) is 0 Å². The van der Waals surface area contributed by atoms with E-state index >= 15 is 0 Å². The van der Waals surface area contributed by atoms with Crippen LogP contribution in [0.4, 0.5) is 5.95 Å². The molecule has 0 saturated heterocycles. The summed E-state index contributed by atoms with van der Waals surface area (Å²) in [4.78, 5) is 21.4. The highest BCUT2D eigenvalue weighted by atomic mass is 15.2. The van der Waals surface area contributed by atoms with Crippen LogP contribution in [0.3, 0.4) is 0 Å². The summed E-state index contributed by atoms with van der Waals surface area (Å²) in [5.41, 5.74) is 2.74. The molecule has 0 bridgehead atoms. The summed E-state index contributed by atoms with van der Waals surface area (Å²) >= 11 is 0. The van der Waals surface area contributed by atoms with Crippen molar-refractivity contribution in [3.05, 3.63) is 67.1 Å². The van der Waals surface area contributed by atoms with Gasteiger partial charge in [0, 0.05) is 55.1 Å². The Hall–Kier alpha value is -3.68. The van der Waals surface area contributed by atoms with Gasteiger partial charge >= 0.3 is 0 Å². The van der Waals surface area contributed by atoms with Crippen LogP contribution in [0.2, 0.25) is 0 Å². The van der Waals surface area contributed by atoms with Gasteiger partial charge in [-0.3, -0.25) is 15.1 Å². The van der Waals surface area contributed by atoms with E-state index in [2.05, 4.69) is 40.4 Å². The molecule has 8 nitrogen and oxygen atoms in total. The molecular weight excluding hydrogens is 328 g/mol. The van der Waals surface area contributed by atoms with E-state index in [0.29, 0.717) is 24.7 Å². The van der Waals surface area contributed by atoms with Gasteiger partial charge in [0.2, 0.25) is 5.95 Å². The number of pyridine rings is 2. The Morgan fingerprint density at radius 2 is 1.81 bits per heavy atom. The Balaban J connectivity index is 1.38. The SMILES string of the molecule is c1cncc(-c2n[nH]c(CCNc3nccc(-c4ccncc4)n3)n2)c1. The molecule has 4 aromatic rings. The lowest BCUT2D eigenvalue weighted by Gasteiger charge is -2.05. The summed E-state index contributed by atoms with van der Waals surface area (Å²) in [6, 6.07) is 9.50. The van der Waals surface area contributed by atoms with Crippen molar-refractivity contribution in [2.75, 3.05) is 11.9 Å². The van der Waals surface area contributed by atoms with E-state index in [1.807, 2.05) is 30.3 Å². The van der Waals surface area contributed by atoms with Gasteiger partial charge < -0.3 is 5.32 Å². The Bertz CT molecular complexity index is 969. The summed E-state index contributed by atoms with van der Waals surface area (Å²) in [6.07, 6.45) is 9.36. The minimum atomic E-state index is 0.575. The molecule has 0 saturated carbocycles. The molecule has 0 fully saturated rings. The maximum atomic E-state index is 4.52. The van der Waals surface area contributed by atoms with Crippen molar-refractivity contribution in [1.29, 1.82) is 0 Å².